The number of aromatic nitrogens is 4. The minimum Gasteiger partial charge on any atom is -0.354 e. The van der Waals surface area contributed by atoms with Gasteiger partial charge in [0.05, 0.1) is 12.7 Å². The largest absolute Gasteiger partial charge is 0.354 e. The Morgan fingerprint density at radius 1 is 1.40 bits per heavy atom. The van der Waals surface area contributed by atoms with E-state index in [9.17, 15) is 4.79 Å². The molecule has 0 saturated heterocycles. The summed E-state index contributed by atoms with van der Waals surface area (Å²) in [6.45, 7) is 0.161. The van der Waals surface area contributed by atoms with Crippen molar-refractivity contribution in [2.75, 3.05) is 20.8 Å². The molecule has 2 aromatic heterocycles. The van der Waals surface area contributed by atoms with Crippen molar-refractivity contribution in [1.82, 2.24) is 25.4 Å². The Balaban J connectivity index is 2.00. The highest BCUT2D eigenvalue weighted by atomic mass is 16.7. The van der Waals surface area contributed by atoms with Gasteiger partial charge in [0, 0.05) is 26.6 Å². The maximum Gasteiger partial charge on any atom is 0.316 e. The van der Waals surface area contributed by atoms with Gasteiger partial charge in [0.15, 0.2) is 6.29 Å². The Labute approximate surface area is 114 Å². The molecule has 1 N–H and O–H groups in total. The molecule has 0 fully saturated rings. The van der Waals surface area contributed by atoms with Crippen LogP contribution >= 0.6 is 0 Å². The molecule has 1 amide bonds. The van der Waals surface area contributed by atoms with Crippen LogP contribution in [0.15, 0.2) is 23.1 Å². The predicted molar refractivity (Wildman–Crippen MR) is 65.5 cm³/mol. The molecule has 9 nitrogen and oxygen atoms in total. The highest BCUT2D eigenvalue weighted by molar-refractivity contribution is 5.89. The van der Waals surface area contributed by atoms with Crippen LogP contribution in [0.1, 0.15) is 10.7 Å². The number of rotatable bonds is 6. The molecule has 0 bridgehead atoms. The number of nitrogens with one attached hydrogen (secondary N) is 1. The maximum atomic E-state index is 11.8. The molecular formula is C11H13N5O4. The van der Waals surface area contributed by atoms with E-state index in [-0.39, 0.29) is 18.3 Å². The first-order valence-electron chi connectivity index (χ1n) is 5.68. The van der Waals surface area contributed by atoms with Crippen molar-refractivity contribution in [3.8, 4) is 11.5 Å². The van der Waals surface area contributed by atoms with Gasteiger partial charge >= 0.3 is 11.8 Å². The van der Waals surface area contributed by atoms with Crippen molar-refractivity contribution in [1.29, 1.82) is 0 Å². The molecule has 20 heavy (non-hydrogen) atoms. The van der Waals surface area contributed by atoms with Gasteiger partial charge in [-0.1, -0.05) is 5.16 Å². The molecule has 0 unspecified atom stereocenters. The zero-order valence-electron chi connectivity index (χ0n) is 10.9. The molecule has 106 valence electrons. The molecule has 0 aliphatic rings. The summed E-state index contributed by atoms with van der Waals surface area (Å²) < 4.78 is 14.7. The standard InChI is InChI=1S/C11H13N5O4/c1-18-8(19-2)6-14-10(17)11-15-9(16-20-11)7-5-12-3-4-13-7/h3-5,8H,6H2,1-2H3,(H,14,17). The van der Waals surface area contributed by atoms with Crippen LogP contribution in [0, 0.1) is 0 Å². The summed E-state index contributed by atoms with van der Waals surface area (Å²) in [6, 6.07) is 0. The molecule has 2 aromatic rings. The van der Waals surface area contributed by atoms with Crippen LogP contribution in [-0.2, 0) is 9.47 Å². The summed E-state index contributed by atoms with van der Waals surface area (Å²) in [5.41, 5.74) is 0.418. The quantitative estimate of drug-likeness (QED) is 0.728. The number of hydrogen-bond donors (Lipinski definition) is 1. The minimum atomic E-state index is -0.540. The van der Waals surface area contributed by atoms with E-state index in [4.69, 9.17) is 14.0 Å². The fourth-order valence-corrected chi connectivity index (χ4v) is 1.35. The van der Waals surface area contributed by atoms with Gasteiger partial charge in [0.2, 0.25) is 5.82 Å². The van der Waals surface area contributed by atoms with E-state index in [1.54, 1.807) is 0 Å². The van der Waals surface area contributed by atoms with Crippen LogP contribution in [0.4, 0.5) is 0 Å². The molecule has 0 aliphatic heterocycles. The third kappa shape index (κ3) is 3.33. The number of methoxy groups -OCH3 is 2. The van der Waals surface area contributed by atoms with E-state index in [2.05, 4.69) is 25.4 Å². The number of carbonyl (C=O) groups is 1. The van der Waals surface area contributed by atoms with Crippen LogP contribution < -0.4 is 5.32 Å². The number of nitrogens with zero attached hydrogens (tertiary/aromatic N) is 4. The SMILES string of the molecule is COC(CNC(=O)c1nc(-c2cnccn2)no1)OC. The van der Waals surface area contributed by atoms with Crippen LogP contribution in [0.25, 0.3) is 11.5 Å². The highest BCUT2D eigenvalue weighted by Gasteiger charge is 2.17. The lowest BCUT2D eigenvalue weighted by molar-refractivity contribution is -0.0975. The second-order valence-corrected chi connectivity index (χ2v) is 3.62. The van der Waals surface area contributed by atoms with E-state index in [0.717, 1.165) is 0 Å². The Bertz CT molecular complexity index is 555. The number of ether oxygens (including phenoxy) is 2. The summed E-state index contributed by atoms with van der Waals surface area (Å²) in [4.78, 5) is 23.6. The summed E-state index contributed by atoms with van der Waals surface area (Å²) >= 11 is 0. The molecule has 0 aromatic carbocycles. The fraction of sp³-hybridized carbons (Fsp3) is 0.364. The van der Waals surface area contributed by atoms with Crippen molar-refractivity contribution in [2.24, 2.45) is 0 Å². The first-order chi connectivity index (χ1) is 9.74. The smallest absolute Gasteiger partial charge is 0.316 e. The van der Waals surface area contributed by atoms with Crippen LogP contribution in [-0.4, -0.2) is 53.1 Å². The van der Waals surface area contributed by atoms with Crippen LogP contribution in [0.5, 0.6) is 0 Å². The second-order valence-electron chi connectivity index (χ2n) is 3.62. The molecule has 0 spiro atoms. The normalized spacial score (nSPS) is 10.8. The molecule has 9 heteroatoms. The monoisotopic (exact) mass is 279 g/mol. The van der Waals surface area contributed by atoms with E-state index in [0.29, 0.717) is 5.69 Å². The number of carbonyl (C=O) groups excluding carboxylic acids is 1. The zero-order valence-corrected chi connectivity index (χ0v) is 10.9. The van der Waals surface area contributed by atoms with Gasteiger partial charge in [-0.2, -0.15) is 4.98 Å². The number of amides is 1. The highest BCUT2D eigenvalue weighted by Crippen LogP contribution is 2.10. The molecule has 2 rings (SSSR count). The second kappa shape index (κ2) is 6.68. The van der Waals surface area contributed by atoms with E-state index >= 15 is 0 Å². The van der Waals surface area contributed by atoms with Gasteiger partial charge in [0.25, 0.3) is 0 Å². The maximum absolute atomic E-state index is 11.8. The average molecular weight is 279 g/mol. The summed E-state index contributed by atoms with van der Waals surface area (Å²) in [6.07, 6.45) is 3.94. The van der Waals surface area contributed by atoms with E-state index in [1.165, 1.54) is 32.8 Å². The van der Waals surface area contributed by atoms with Crippen molar-refractivity contribution >= 4 is 5.91 Å². The third-order valence-corrected chi connectivity index (χ3v) is 2.37. The lowest BCUT2D eigenvalue weighted by Crippen LogP contribution is -2.34. The molecule has 0 saturated carbocycles. The molecule has 2 heterocycles. The third-order valence-electron chi connectivity index (χ3n) is 2.37. The van der Waals surface area contributed by atoms with E-state index < -0.39 is 12.2 Å². The van der Waals surface area contributed by atoms with Crippen molar-refractivity contribution < 1.29 is 18.8 Å². The summed E-state index contributed by atoms with van der Waals surface area (Å²) in [5, 5.41) is 6.21. The van der Waals surface area contributed by atoms with Gasteiger partial charge in [0.1, 0.15) is 5.69 Å². The summed E-state index contributed by atoms with van der Waals surface area (Å²) in [7, 11) is 2.94. The Kier molecular flexibility index (Phi) is 4.69. The van der Waals surface area contributed by atoms with Crippen molar-refractivity contribution in [3.63, 3.8) is 0 Å². The van der Waals surface area contributed by atoms with Crippen molar-refractivity contribution in [2.45, 2.75) is 6.29 Å². The van der Waals surface area contributed by atoms with Crippen LogP contribution in [0.3, 0.4) is 0 Å². The molecule has 0 radical (unpaired) electrons. The topological polar surface area (TPSA) is 112 Å². The van der Waals surface area contributed by atoms with Gasteiger partial charge in [-0.25, -0.2) is 4.98 Å². The molecular weight excluding hydrogens is 266 g/mol. The summed E-state index contributed by atoms with van der Waals surface area (Å²) in [5.74, 6) is -0.498. The zero-order chi connectivity index (χ0) is 14.4. The van der Waals surface area contributed by atoms with Gasteiger partial charge in [-0.05, 0) is 0 Å². The molecule has 0 atom stereocenters. The van der Waals surface area contributed by atoms with Gasteiger partial charge in [-0.15, -0.1) is 0 Å². The Morgan fingerprint density at radius 2 is 2.20 bits per heavy atom. The Morgan fingerprint density at radius 3 is 2.85 bits per heavy atom. The first-order valence-corrected chi connectivity index (χ1v) is 5.68. The van der Waals surface area contributed by atoms with Gasteiger partial charge < -0.3 is 19.3 Å². The van der Waals surface area contributed by atoms with Gasteiger partial charge in [-0.3, -0.25) is 9.78 Å². The molecule has 0 aliphatic carbocycles. The lowest BCUT2D eigenvalue weighted by atomic mass is 10.4. The first kappa shape index (κ1) is 14.0. The van der Waals surface area contributed by atoms with Crippen molar-refractivity contribution in [3.05, 3.63) is 24.5 Å². The average Bonchev–Trinajstić information content (AvgIpc) is 2.99. The van der Waals surface area contributed by atoms with Crippen LogP contribution in [0.2, 0.25) is 0 Å². The fourth-order valence-electron chi connectivity index (χ4n) is 1.35. The number of hydrogen-bond acceptors (Lipinski definition) is 8. The minimum absolute atomic E-state index is 0.161. The lowest BCUT2D eigenvalue weighted by Gasteiger charge is -2.12. The van der Waals surface area contributed by atoms with E-state index in [1.807, 2.05) is 0 Å². The predicted octanol–water partition coefficient (Wildman–Crippen LogP) is -0.125. The Hall–Kier alpha value is -2.39.